The molecule has 0 spiro atoms. The van der Waals surface area contributed by atoms with Crippen LogP contribution >= 0.6 is 11.6 Å². The van der Waals surface area contributed by atoms with Gasteiger partial charge in [0.2, 0.25) is 0 Å². The molecule has 2 aromatic carbocycles. The van der Waals surface area contributed by atoms with E-state index < -0.39 is 11.4 Å². The molecule has 3 aliphatic carbocycles. The molecule has 0 atom stereocenters. The number of ketones is 1. The number of halogens is 2. The molecule has 3 saturated carbocycles. The SMILES string of the molecule is CC(C)(O)c1ccc(OCC(=O)CC23CC(NC(=O)COc4ccc(Cl)c(F)c4)(C2)C3)cc1. The summed E-state index contributed by atoms with van der Waals surface area (Å²) in [5.74, 6) is -0.0347. The van der Waals surface area contributed by atoms with Crippen LogP contribution in [-0.2, 0) is 15.2 Å². The highest BCUT2D eigenvalue weighted by Gasteiger charge is 2.68. The molecule has 0 unspecified atom stereocenters. The number of carbonyl (C=O) groups is 2. The molecule has 2 N–H and O–H groups in total. The van der Waals surface area contributed by atoms with Gasteiger partial charge in [-0.2, -0.15) is 0 Å². The molecule has 0 heterocycles. The number of carbonyl (C=O) groups excluding carboxylic acids is 2. The van der Waals surface area contributed by atoms with Crippen LogP contribution in [0.25, 0.3) is 0 Å². The predicted octanol–water partition coefficient (Wildman–Crippen LogP) is 4.16. The highest BCUT2D eigenvalue weighted by molar-refractivity contribution is 6.30. The van der Waals surface area contributed by atoms with Crippen LogP contribution in [0.15, 0.2) is 42.5 Å². The van der Waals surface area contributed by atoms with Crippen LogP contribution in [0.4, 0.5) is 4.39 Å². The second kappa shape index (κ2) is 8.61. The van der Waals surface area contributed by atoms with Gasteiger partial charge in [0, 0.05) is 18.0 Å². The van der Waals surface area contributed by atoms with E-state index in [0.29, 0.717) is 12.2 Å². The minimum absolute atomic E-state index is 0.00504. The third-order valence-electron chi connectivity index (χ3n) is 6.34. The monoisotopic (exact) mass is 475 g/mol. The lowest BCUT2D eigenvalue weighted by atomic mass is 9.38. The fourth-order valence-corrected chi connectivity index (χ4v) is 5.08. The van der Waals surface area contributed by atoms with Gasteiger partial charge in [0.15, 0.2) is 12.4 Å². The van der Waals surface area contributed by atoms with Crippen molar-refractivity contribution < 1.29 is 28.6 Å². The van der Waals surface area contributed by atoms with E-state index in [0.717, 1.165) is 30.9 Å². The van der Waals surface area contributed by atoms with Crippen molar-refractivity contribution >= 4 is 23.3 Å². The topological polar surface area (TPSA) is 84.9 Å². The van der Waals surface area contributed by atoms with Crippen LogP contribution < -0.4 is 14.8 Å². The van der Waals surface area contributed by atoms with E-state index >= 15 is 0 Å². The van der Waals surface area contributed by atoms with Crippen LogP contribution in [0.2, 0.25) is 5.02 Å². The fourth-order valence-electron chi connectivity index (χ4n) is 4.96. The molecule has 2 bridgehead atoms. The molecule has 8 heteroatoms. The van der Waals surface area contributed by atoms with Gasteiger partial charge in [-0.3, -0.25) is 9.59 Å². The van der Waals surface area contributed by atoms with Crippen molar-refractivity contribution in [2.24, 2.45) is 5.41 Å². The lowest BCUT2D eigenvalue weighted by molar-refractivity contribution is -0.173. The van der Waals surface area contributed by atoms with Gasteiger partial charge in [0.25, 0.3) is 5.91 Å². The number of hydrogen-bond donors (Lipinski definition) is 2. The summed E-state index contributed by atoms with van der Waals surface area (Å²) >= 11 is 5.63. The highest BCUT2D eigenvalue weighted by Crippen LogP contribution is 2.69. The van der Waals surface area contributed by atoms with Crippen LogP contribution in [-0.4, -0.2) is 35.5 Å². The quantitative estimate of drug-likeness (QED) is 0.539. The first kappa shape index (κ1) is 23.5. The first-order chi connectivity index (χ1) is 15.5. The van der Waals surface area contributed by atoms with E-state index in [2.05, 4.69) is 5.32 Å². The summed E-state index contributed by atoms with van der Waals surface area (Å²) < 4.78 is 24.4. The largest absolute Gasteiger partial charge is 0.486 e. The minimum Gasteiger partial charge on any atom is -0.486 e. The Kier molecular flexibility index (Phi) is 6.14. The Hall–Kier alpha value is -2.64. The summed E-state index contributed by atoms with van der Waals surface area (Å²) in [5, 5.41) is 13.0. The maximum Gasteiger partial charge on any atom is 0.258 e. The van der Waals surface area contributed by atoms with E-state index in [-0.39, 0.29) is 46.6 Å². The Bertz CT molecular complexity index is 1040. The summed E-state index contributed by atoms with van der Waals surface area (Å²) in [6.45, 7) is 3.20. The molecular weight excluding hydrogens is 449 g/mol. The van der Waals surface area contributed by atoms with Crippen molar-refractivity contribution in [3.05, 3.63) is 58.9 Å². The molecule has 0 aliphatic heterocycles. The summed E-state index contributed by atoms with van der Waals surface area (Å²) in [6.07, 6.45) is 2.70. The molecule has 2 aromatic rings. The molecule has 0 aromatic heterocycles. The third kappa shape index (κ3) is 5.31. The van der Waals surface area contributed by atoms with Gasteiger partial charge >= 0.3 is 0 Å². The fraction of sp³-hybridized carbons (Fsp3) is 0.440. The summed E-state index contributed by atoms with van der Waals surface area (Å²) in [6, 6.07) is 11.1. The standard InChI is InChI=1S/C25H27ClFNO5/c1-23(2,31)16-3-5-18(6-4-16)32-11-17(29)10-24-13-25(14-24,15-24)28-22(30)12-33-19-7-8-20(26)21(27)9-19/h3-9,31H,10-15H2,1-2H3,(H,28,30). The van der Waals surface area contributed by atoms with Crippen molar-refractivity contribution in [3.63, 3.8) is 0 Å². The summed E-state index contributed by atoms with van der Waals surface area (Å²) in [7, 11) is 0. The van der Waals surface area contributed by atoms with Crippen LogP contribution in [0.3, 0.4) is 0 Å². The normalized spacial score (nSPS) is 23.2. The molecule has 6 nitrogen and oxygen atoms in total. The van der Waals surface area contributed by atoms with E-state index in [1.54, 1.807) is 38.1 Å². The van der Waals surface area contributed by atoms with Crippen molar-refractivity contribution in [2.75, 3.05) is 13.2 Å². The molecule has 3 fully saturated rings. The van der Waals surface area contributed by atoms with Gasteiger partial charge in [-0.15, -0.1) is 0 Å². The zero-order valence-corrected chi connectivity index (χ0v) is 19.4. The molecule has 0 radical (unpaired) electrons. The number of amides is 1. The second-order valence-corrected chi connectivity index (χ2v) is 10.2. The number of nitrogens with one attached hydrogen (secondary N) is 1. The molecule has 5 rings (SSSR count). The van der Waals surface area contributed by atoms with Gasteiger partial charge in [0.05, 0.1) is 10.6 Å². The Morgan fingerprint density at radius 2 is 1.67 bits per heavy atom. The molecular formula is C25H27ClFNO5. The van der Waals surface area contributed by atoms with E-state index in [9.17, 15) is 19.1 Å². The van der Waals surface area contributed by atoms with E-state index in [1.165, 1.54) is 12.1 Å². The van der Waals surface area contributed by atoms with E-state index in [1.807, 2.05) is 0 Å². The lowest BCUT2D eigenvalue weighted by Gasteiger charge is -2.70. The van der Waals surface area contributed by atoms with Crippen molar-refractivity contribution in [2.45, 2.75) is 50.7 Å². The van der Waals surface area contributed by atoms with E-state index in [4.69, 9.17) is 21.1 Å². The molecule has 176 valence electrons. The van der Waals surface area contributed by atoms with Gasteiger partial charge < -0.3 is 19.9 Å². The number of Topliss-reactive ketones (excluding diaryl/α,β-unsaturated/α-hetero) is 1. The first-order valence-electron chi connectivity index (χ1n) is 10.8. The number of aliphatic hydroxyl groups is 1. The van der Waals surface area contributed by atoms with Crippen molar-refractivity contribution in [1.82, 2.24) is 5.32 Å². The second-order valence-electron chi connectivity index (χ2n) is 9.81. The Labute approximate surface area is 197 Å². The zero-order valence-electron chi connectivity index (χ0n) is 18.6. The van der Waals surface area contributed by atoms with Crippen LogP contribution in [0.1, 0.15) is 45.1 Å². The zero-order chi connectivity index (χ0) is 23.9. The van der Waals surface area contributed by atoms with Crippen LogP contribution in [0.5, 0.6) is 11.5 Å². The number of hydrogen-bond acceptors (Lipinski definition) is 5. The molecule has 0 saturated heterocycles. The number of ether oxygens (including phenoxy) is 2. The van der Waals surface area contributed by atoms with Gasteiger partial charge in [-0.05, 0) is 68.4 Å². The van der Waals surface area contributed by atoms with Gasteiger partial charge in [-0.25, -0.2) is 4.39 Å². The lowest BCUT2D eigenvalue weighted by Crippen LogP contribution is -2.75. The Balaban J connectivity index is 1.16. The third-order valence-corrected chi connectivity index (χ3v) is 6.65. The minimum atomic E-state index is -0.927. The Morgan fingerprint density at radius 3 is 2.27 bits per heavy atom. The Morgan fingerprint density at radius 1 is 1.06 bits per heavy atom. The van der Waals surface area contributed by atoms with Crippen molar-refractivity contribution in [3.8, 4) is 11.5 Å². The summed E-state index contributed by atoms with van der Waals surface area (Å²) in [5.41, 5.74) is -0.476. The molecule has 3 aliphatic rings. The smallest absolute Gasteiger partial charge is 0.258 e. The maximum atomic E-state index is 13.4. The highest BCUT2D eigenvalue weighted by atomic mass is 35.5. The predicted molar refractivity (Wildman–Crippen MR) is 121 cm³/mol. The first-order valence-corrected chi connectivity index (χ1v) is 11.2. The van der Waals surface area contributed by atoms with Crippen molar-refractivity contribution in [1.29, 1.82) is 0 Å². The van der Waals surface area contributed by atoms with Gasteiger partial charge in [0.1, 0.15) is 23.9 Å². The number of benzene rings is 2. The molecule has 33 heavy (non-hydrogen) atoms. The van der Waals surface area contributed by atoms with Crippen LogP contribution in [0, 0.1) is 11.2 Å². The average molecular weight is 476 g/mol. The summed E-state index contributed by atoms with van der Waals surface area (Å²) in [4.78, 5) is 24.6. The average Bonchev–Trinajstić information content (AvgIpc) is 2.70. The number of rotatable bonds is 10. The maximum absolute atomic E-state index is 13.4. The van der Waals surface area contributed by atoms with Gasteiger partial charge in [-0.1, -0.05) is 23.7 Å². The molecule has 1 amide bonds.